The second-order valence-corrected chi connectivity index (χ2v) is 14.7. The minimum Gasteiger partial charge on any atom is -0.352 e. The standard InChI is InChI=1S/C37H39Cl2N3O4S/c1-27-12-11-15-29(22-27)25-41(35(23-28-13-5-2-6-14-28)37(44)40-30-16-7-3-8-17-30)36(43)26-42(31-20-21-33(38)34(39)24-31)47(45,46)32-18-9-4-10-19-32/h2,4-6,9-15,18-22,24,30,35H,3,7-8,16-17,23,25-26H2,1H3,(H,40,44). The molecule has 1 aliphatic rings. The minimum absolute atomic E-state index is 0.0139. The first-order chi connectivity index (χ1) is 22.6. The van der Waals surface area contributed by atoms with Crippen molar-refractivity contribution >= 4 is 50.7 Å². The Hall–Kier alpha value is -3.85. The van der Waals surface area contributed by atoms with Crippen LogP contribution in [0, 0.1) is 6.92 Å². The molecule has 0 aromatic heterocycles. The Morgan fingerprint density at radius 2 is 1.47 bits per heavy atom. The first-order valence-corrected chi connectivity index (χ1v) is 18.0. The number of carbonyl (C=O) groups excluding carboxylic acids is 2. The lowest BCUT2D eigenvalue weighted by Crippen LogP contribution is -2.55. The van der Waals surface area contributed by atoms with Gasteiger partial charge in [-0.25, -0.2) is 8.42 Å². The third kappa shape index (κ3) is 8.95. The largest absolute Gasteiger partial charge is 0.352 e. The van der Waals surface area contributed by atoms with Gasteiger partial charge in [-0.3, -0.25) is 13.9 Å². The summed E-state index contributed by atoms with van der Waals surface area (Å²) in [6.45, 7) is 1.51. The maximum absolute atomic E-state index is 14.7. The Labute approximate surface area is 287 Å². The van der Waals surface area contributed by atoms with E-state index in [2.05, 4.69) is 5.32 Å². The van der Waals surface area contributed by atoms with Crippen LogP contribution in [-0.2, 0) is 32.6 Å². The topological polar surface area (TPSA) is 86.8 Å². The monoisotopic (exact) mass is 691 g/mol. The molecular formula is C37H39Cl2N3O4S. The number of benzene rings is 4. The first-order valence-electron chi connectivity index (χ1n) is 15.8. The molecule has 4 aromatic rings. The molecule has 1 atom stereocenters. The number of rotatable bonds is 12. The predicted molar refractivity (Wildman–Crippen MR) is 188 cm³/mol. The zero-order valence-electron chi connectivity index (χ0n) is 26.3. The van der Waals surface area contributed by atoms with Crippen molar-refractivity contribution in [3.05, 3.63) is 130 Å². The van der Waals surface area contributed by atoms with E-state index in [9.17, 15) is 18.0 Å². The third-order valence-corrected chi connectivity index (χ3v) is 11.0. The van der Waals surface area contributed by atoms with Gasteiger partial charge in [0.25, 0.3) is 10.0 Å². The molecule has 246 valence electrons. The van der Waals surface area contributed by atoms with Crippen molar-refractivity contribution in [2.75, 3.05) is 10.8 Å². The molecule has 0 spiro atoms. The average molecular weight is 693 g/mol. The van der Waals surface area contributed by atoms with Crippen molar-refractivity contribution in [2.45, 2.75) is 69.0 Å². The maximum Gasteiger partial charge on any atom is 0.264 e. The SMILES string of the molecule is Cc1cccc(CN(C(=O)CN(c2ccc(Cl)c(Cl)c2)S(=O)(=O)c2ccccc2)C(Cc2ccccc2)C(=O)NC2CCCCC2)c1. The molecule has 0 bridgehead atoms. The molecule has 4 aromatic carbocycles. The van der Waals surface area contributed by atoms with Crippen LogP contribution in [0.25, 0.3) is 0 Å². The number of hydrogen-bond acceptors (Lipinski definition) is 4. The molecule has 0 heterocycles. The summed E-state index contributed by atoms with van der Waals surface area (Å²) in [6, 6.07) is 28.8. The number of sulfonamides is 1. The Bertz CT molecular complexity index is 1780. The Morgan fingerprint density at radius 3 is 2.13 bits per heavy atom. The molecule has 1 N–H and O–H groups in total. The van der Waals surface area contributed by atoms with E-state index < -0.39 is 28.5 Å². The van der Waals surface area contributed by atoms with Crippen LogP contribution >= 0.6 is 23.2 Å². The molecule has 0 aliphatic heterocycles. The van der Waals surface area contributed by atoms with Crippen LogP contribution in [0.15, 0.2) is 108 Å². The van der Waals surface area contributed by atoms with Crippen molar-refractivity contribution in [1.29, 1.82) is 0 Å². The van der Waals surface area contributed by atoms with Crippen LogP contribution < -0.4 is 9.62 Å². The van der Waals surface area contributed by atoms with Gasteiger partial charge in [-0.15, -0.1) is 0 Å². The van der Waals surface area contributed by atoms with Gasteiger partial charge in [0, 0.05) is 19.0 Å². The number of nitrogens with one attached hydrogen (secondary N) is 1. The predicted octanol–water partition coefficient (Wildman–Crippen LogP) is 7.59. The quantitative estimate of drug-likeness (QED) is 0.166. The highest BCUT2D eigenvalue weighted by Crippen LogP contribution is 2.31. The van der Waals surface area contributed by atoms with Crippen molar-refractivity contribution in [3.63, 3.8) is 0 Å². The van der Waals surface area contributed by atoms with Crippen LogP contribution in [0.1, 0.15) is 48.8 Å². The van der Waals surface area contributed by atoms with Crippen LogP contribution in [0.4, 0.5) is 5.69 Å². The number of aryl methyl sites for hydroxylation is 1. The molecule has 7 nitrogen and oxygen atoms in total. The van der Waals surface area contributed by atoms with Gasteiger partial charge in [-0.1, -0.05) is 121 Å². The summed E-state index contributed by atoms with van der Waals surface area (Å²) >= 11 is 12.5. The normalized spacial score (nSPS) is 14.3. The molecule has 1 aliphatic carbocycles. The number of nitrogens with zero attached hydrogens (tertiary/aromatic N) is 2. The van der Waals surface area contributed by atoms with E-state index >= 15 is 0 Å². The maximum atomic E-state index is 14.7. The molecule has 5 rings (SSSR count). The summed E-state index contributed by atoms with van der Waals surface area (Å²) in [7, 11) is -4.24. The van der Waals surface area contributed by atoms with Gasteiger partial charge in [0.1, 0.15) is 12.6 Å². The van der Waals surface area contributed by atoms with Gasteiger partial charge in [0.15, 0.2) is 0 Å². The second kappa shape index (κ2) is 15.8. The Morgan fingerprint density at radius 1 is 0.809 bits per heavy atom. The summed E-state index contributed by atoms with van der Waals surface area (Å²) in [5, 5.41) is 3.63. The van der Waals surface area contributed by atoms with E-state index in [1.54, 1.807) is 18.2 Å². The molecule has 10 heteroatoms. The zero-order valence-corrected chi connectivity index (χ0v) is 28.6. The van der Waals surface area contributed by atoms with E-state index in [1.807, 2.05) is 61.5 Å². The van der Waals surface area contributed by atoms with E-state index in [0.717, 1.165) is 53.1 Å². The molecular weight excluding hydrogens is 653 g/mol. The lowest BCUT2D eigenvalue weighted by atomic mass is 9.94. The highest BCUT2D eigenvalue weighted by molar-refractivity contribution is 7.92. The summed E-state index contributed by atoms with van der Waals surface area (Å²) in [6.07, 6.45) is 5.24. The lowest BCUT2D eigenvalue weighted by molar-refractivity contribution is -0.140. The van der Waals surface area contributed by atoms with Crippen molar-refractivity contribution in [2.24, 2.45) is 0 Å². The first kappa shape index (κ1) is 34.5. The minimum atomic E-state index is -4.24. The summed E-state index contributed by atoms with van der Waals surface area (Å²) < 4.78 is 29.3. The summed E-state index contributed by atoms with van der Waals surface area (Å²) in [5.41, 5.74) is 2.90. The number of hydrogen-bond donors (Lipinski definition) is 1. The fourth-order valence-electron chi connectivity index (χ4n) is 5.99. The average Bonchev–Trinajstić information content (AvgIpc) is 3.07. The fraction of sp³-hybridized carbons (Fsp3) is 0.297. The van der Waals surface area contributed by atoms with Crippen molar-refractivity contribution in [1.82, 2.24) is 10.2 Å². The number of halogens is 2. The number of amides is 2. The van der Waals surface area contributed by atoms with Gasteiger partial charge >= 0.3 is 0 Å². The van der Waals surface area contributed by atoms with Gasteiger partial charge in [-0.05, 0) is 61.2 Å². The highest BCUT2D eigenvalue weighted by atomic mass is 35.5. The van der Waals surface area contributed by atoms with Crippen LogP contribution in [-0.4, -0.2) is 43.8 Å². The van der Waals surface area contributed by atoms with E-state index in [1.165, 1.54) is 35.2 Å². The number of carbonyl (C=O) groups is 2. The third-order valence-electron chi connectivity index (χ3n) is 8.46. The van der Waals surface area contributed by atoms with Gasteiger partial charge < -0.3 is 10.2 Å². The zero-order chi connectivity index (χ0) is 33.4. The van der Waals surface area contributed by atoms with Crippen LogP contribution in [0.5, 0.6) is 0 Å². The number of anilines is 1. The van der Waals surface area contributed by atoms with E-state index in [4.69, 9.17) is 23.2 Å². The van der Waals surface area contributed by atoms with Gasteiger partial charge in [0.2, 0.25) is 11.8 Å². The molecule has 1 unspecified atom stereocenters. The van der Waals surface area contributed by atoms with Crippen molar-refractivity contribution < 1.29 is 18.0 Å². The fourth-order valence-corrected chi connectivity index (χ4v) is 7.71. The van der Waals surface area contributed by atoms with Gasteiger partial charge in [0.05, 0.1) is 20.6 Å². The molecule has 47 heavy (non-hydrogen) atoms. The molecule has 1 fully saturated rings. The van der Waals surface area contributed by atoms with Crippen LogP contribution in [0.3, 0.4) is 0 Å². The Kier molecular flexibility index (Phi) is 11.6. The smallest absolute Gasteiger partial charge is 0.264 e. The molecule has 0 saturated heterocycles. The lowest BCUT2D eigenvalue weighted by Gasteiger charge is -2.35. The summed E-state index contributed by atoms with van der Waals surface area (Å²) in [5.74, 6) is -0.787. The second-order valence-electron chi connectivity index (χ2n) is 12.0. The van der Waals surface area contributed by atoms with Crippen LogP contribution in [0.2, 0.25) is 10.0 Å². The molecule has 0 radical (unpaired) electrons. The highest BCUT2D eigenvalue weighted by Gasteiger charge is 2.35. The van der Waals surface area contributed by atoms with E-state index in [-0.39, 0.29) is 45.5 Å². The molecule has 2 amide bonds. The van der Waals surface area contributed by atoms with Crippen molar-refractivity contribution in [3.8, 4) is 0 Å². The van der Waals surface area contributed by atoms with Gasteiger partial charge in [-0.2, -0.15) is 0 Å². The van der Waals surface area contributed by atoms with E-state index in [0.29, 0.717) is 0 Å². The Balaban J connectivity index is 1.57. The molecule has 1 saturated carbocycles. The summed E-state index contributed by atoms with van der Waals surface area (Å²) in [4.78, 5) is 30.4.